The van der Waals surface area contributed by atoms with Crippen LogP contribution in [0.4, 0.5) is 15.1 Å². The fraction of sp³-hybridized carbons (Fsp3) is 0.143. The van der Waals surface area contributed by atoms with Crippen LogP contribution < -0.4 is 5.32 Å². The molecule has 0 aliphatic carbocycles. The number of esters is 1. The lowest BCUT2D eigenvalue weighted by molar-refractivity contribution is -0.380. The predicted molar refractivity (Wildman–Crippen MR) is 85.9 cm³/mol. The van der Waals surface area contributed by atoms with Gasteiger partial charge in [0.15, 0.2) is 6.10 Å². The van der Waals surface area contributed by atoms with Crippen LogP contribution in [0.25, 0.3) is 0 Å². The molecule has 10 heteroatoms. The molecule has 0 saturated heterocycles. The molecule has 2 rings (SSSR count). The molecule has 0 radical (unpaired) electrons. The summed E-state index contributed by atoms with van der Waals surface area (Å²) in [5, 5.41) is 12.8. The molecular formula is C14H10ClFN2O5S. The second-order valence-electron chi connectivity index (χ2n) is 4.56. The minimum absolute atomic E-state index is 0.00108. The van der Waals surface area contributed by atoms with Gasteiger partial charge in [-0.15, -0.1) is 0 Å². The Kier molecular flexibility index (Phi) is 5.47. The normalized spacial score (nSPS) is 11.6. The Balaban J connectivity index is 2.00. The molecule has 1 atom stereocenters. The van der Waals surface area contributed by atoms with E-state index in [1.54, 1.807) is 0 Å². The van der Waals surface area contributed by atoms with Crippen LogP contribution in [0.2, 0.25) is 5.02 Å². The number of nitrogens with one attached hydrogen (secondary N) is 1. The molecule has 1 amide bonds. The van der Waals surface area contributed by atoms with Gasteiger partial charge < -0.3 is 10.1 Å². The molecule has 7 nitrogen and oxygen atoms in total. The molecule has 0 saturated carbocycles. The Labute approximate surface area is 144 Å². The summed E-state index contributed by atoms with van der Waals surface area (Å²) in [7, 11) is 0. The van der Waals surface area contributed by atoms with Gasteiger partial charge in [-0.05, 0) is 31.2 Å². The van der Waals surface area contributed by atoms with Crippen molar-refractivity contribution in [1.82, 2.24) is 0 Å². The van der Waals surface area contributed by atoms with Gasteiger partial charge >= 0.3 is 11.0 Å². The van der Waals surface area contributed by atoms with Crippen LogP contribution in [0.15, 0.2) is 30.3 Å². The minimum atomic E-state index is -1.18. The van der Waals surface area contributed by atoms with Gasteiger partial charge in [-0.1, -0.05) is 22.9 Å². The smallest absolute Gasteiger partial charge is 0.349 e. The van der Waals surface area contributed by atoms with Crippen LogP contribution in [0.1, 0.15) is 16.6 Å². The van der Waals surface area contributed by atoms with Crippen molar-refractivity contribution in [3.05, 3.63) is 56.2 Å². The highest BCUT2D eigenvalue weighted by Gasteiger charge is 2.22. The molecule has 1 aromatic carbocycles. The number of carbonyl (C=O) groups is 2. The van der Waals surface area contributed by atoms with E-state index in [9.17, 15) is 24.1 Å². The van der Waals surface area contributed by atoms with Gasteiger partial charge in [0, 0.05) is 6.07 Å². The Morgan fingerprint density at radius 2 is 2.08 bits per heavy atom. The van der Waals surface area contributed by atoms with Crippen LogP contribution >= 0.6 is 22.9 Å². The van der Waals surface area contributed by atoms with Gasteiger partial charge in [-0.3, -0.25) is 14.9 Å². The van der Waals surface area contributed by atoms with E-state index in [1.807, 2.05) is 0 Å². The fourth-order valence-corrected chi connectivity index (χ4v) is 2.55. The SMILES string of the molecule is CC(OC(=O)c1ccc([N+](=O)[O-])s1)C(=O)Nc1ccc(F)cc1Cl. The summed E-state index contributed by atoms with van der Waals surface area (Å²) in [6.45, 7) is 1.33. The standard InChI is InChI=1S/C14H10ClFN2O5S/c1-7(13(19)17-10-3-2-8(16)6-9(10)15)23-14(20)11-4-5-12(24-11)18(21)22/h2-7H,1H3,(H,17,19). The van der Waals surface area contributed by atoms with Gasteiger partial charge in [-0.25, -0.2) is 9.18 Å². The van der Waals surface area contributed by atoms with Crippen molar-refractivity contribution in [3.63, 3.8) is 0 Å². The monoisotopic (exact) mass is 372 g/mol. The first-order chi connectivity index (χ1) is 11.3. The van der Waals surface area contributed by atoms with Crippen LogP contribution in [0.3, 0.4) is 0 Å². The highest BCUT2D eigenvalue weighted by Crippen LogP contribution is 2.25. The van der Waals surface area contributed by atoms with Crippen LogP contribution in [0.5, 0.6) is 0 Å². The largest absolute Gasteiger partial charge is 0.448 e. The van der Waals surface area contributed by atoms with Crippen LogP contribution in [0, 0.1) is 15.9 Å². The Hall–Kier alpha value is -2.52. The zero-order valence-electron chi connectivity index (χ0n) is 12.1. The van der Waals surface area contributed by atoms with Crippen LogP contribution in [-0.4, -0.2) is 22.9 Å². The topological polar surface area (TPSA) is 98.5 Å². The molecule has 0 aliphatic heterocycles. The molecule has 1 N–H and O–H groups in total. The van der Waals surface area contributed by atoms with E-state index in [-0.39, 0.29) is 20.6 Å². The number of nitro groups is 1. The average molecular weight is 373 g/mol. The number of thiophene rings is 1. The van der Waals surface area contributed by atoms with Gasteiger partial charge in [0.25, 0.3) is 5.91 Å². The number of hydrogen-bond acceptors (Lipinski definition) is 6. The number of amides is 1. The van der Waals surface area contributed by atoms with E-state index in [4.69, 9.17) is 16.3 Å². The Morgan fingerprint density at radius 1 is 1.38 bits per heavy atom. The number of carbonyl (C=O) groups excluding carboxylic acids is 2. The molecule has 0 bridgehead atoms. The summed E-state index contributed by atoms with van der Waals surface area (Å²) < 4.78 is 17.9. The van der Waals surface area contributed by atoms with Crippen molar-refractivity contribution >= 4 is 45.5 Å². The summed E-state index contributed by atoms with van der Waals surface area (Å²) in [4.78, 5) is 33.8. The van der Waals surface area contributed by atoms with E-state index in [1.165, 1.54) is 25.1 Å². The summed E-state index contributed by atoms with van der Waals surface area (Å²) in [6, 6.07) is 5.82. The third kappa shape index (κ3) is 4.27. The maximum absolute atomic E-state index is 12.9. The number of benzene rings is 1. The van der Waals surface area contributed by atoms with Gasteiger partial charge in [-0.2, -0.15) is 0 Å². The number of nitrogens with zero attached hydrogens (tertiary/aromatic N) is 1. The molecule has 0 spiro atoms. The fourth-order valence-electron chi connectivity index (χ4n) is 1.63. The minimum Gasteiger partial charge on any atom is -0.448 e. The molecule has 24 heavy (non-hydrogen) atoms. The maximum Gasteiger partial charge on any atom is 0.349 e. The summed E-state index contributed by atoms with van der Waals surface area (Å²) in [5.41, 5.74) is 0.165. The van der Waals surface area contributed by atoms with Crippen LogP contribution in [-0.2, 0) is 9.53 Å². The number of ether oxygens (including phenoxy) is 1. The first-order valence-electron chi connectivity index (χ1n) is 6.49. The van der Waals surface area contributed by atoms with Crippen molar-refractivity contribution in [2.75, 3.05) is 5.32 Å². The zero-order valence-corrected chi connectivity index (χ0v) is 13.7. The van der Waals surface area contributed by atoms with E-state index in [0.717, 1.165) is 12.1 Å². The maximum atomic E-state index is 12.9. The summed E-state index contributed by atoms with van der Waals surface area (Å²) in [6.07, 6.45) is -1.18. The second-order valence-corrected chi connectivity index (χ2v) is 6.03. The quantitative estimate of drug-likeness (QED) is 0.491. The van der Waals surface area contributed by atoms with Crippen molar-refractivity contribution in [2.45, 2.75) is 13.0 Å². The van der Waals surface area contributed by atoms with Crippen molar-refractivity contribution < 1.29 is 23.6 Å². The van der Waals surface area contributed by atoms with Gasteiger partial charge in [0.05, 0.1) is 15.6 Å². The molecule has 0 aliphatic rings. The average Bonchev–Trinajstić information content (AvgIpc) is 3.00. The lowest BCUT2D eigenvalue weighted by Gasteiger charge is -2.13. The van der Waals surface area contributed by atoms with Crippen molar-refractivity contribution in [1.29, 1.82) is 0 Å². The van der Waals surface area contributed by atoms with Gasteiger partial charge in [0.1, 0.15) is 10.7 Å². The van der Waals surface area contributed by atoms with E-state index >= 15 is 0 Å². The molecule has 1 aromatic heterocycles. The first kappa shape index (κ1) is 17.8. The molecule has 2 aromatic rings. The highest BCUT2D eigenvalue weighted by atomic mass is 35.5. The third-order valence-electron chi connectivity index (χ3n) is 2.81. The van der Waals surface area contributed by atoms with Crippen molar-refractivity contribution in [3.8, 4) is 0 Å². The lowest BCUT2D eigenvalue weighted by atomic mass is 10.3. The number of halogens is 2. The molecule has 1 heterocycles. The third-order valence-corrected chi connectivity index (χ3v) is 4.14. The molecule has 1 unspecified atom stereocenters. The number of rotatable bonds is 5. The molecule has 0 fully saturated rings. The summed E-state index contributed by atoms with van der Waals surface area (Å²) in [5.74, 6) is -2.10. The molecular weight excluding hydrogens is 363 g/mol. The Morgan fingerprint density at radius 3 is 2.67 bits per heavy atom. The Bertz CT molecular complexity index is 810. The van der Waals surface area contributed by atoms with Crippen molar-refractivity contribution in [2.24, 2.45) is 0 Å². The predicted octanol–water partition coefficient (Wildman–Crippen LogP) is 3.63. The number of hydrogen-bond donors (Lipinski definition) is 1. The van der Waals surface area contributed by atoms with Gasteiger partial charge in [0.2, 0.25) is 0 Å². The van der Waals surface area contributed by atoms with E-state index in [2.05, 4.69) is 5.32 Å². The lowest BCUT2D eigenvalue weighted by Crippen LogP contribution is -2.29. The second kappa shape index (κ2) is 7.37. The van der Waals surface area contributed by atoms with E-state index in [0.29, 0.717) is 11.3 Å². The van der Waals surface area contributed by atoms with E-state index < -0.39 is 28.7 Å². The summed E-state index contributed by atoms with van der Waals surface area (Å²) >= 11 is 6.43. The highest BCUT2D eigenvalue weighted by molar-refractivity contribution is 7.17. The zero-order chi connectivity index (χ0) is 17.9. The first-order valence-corrected chi connectivity index (χ1v) is 7.68. The number of anilines is 1. The molecule has 126 valence electrons.